The molecule has 2 aromatic carbocycles. The zero-order valence-electron chi connectivity index (χ0n) is 18.5. The number of hydrogen-bond donors (Lipinski definition) is 1. The number of carbonyl (C=O) groups is 2. The monoisotopic (exact) mass is 432 g/mol. The zero-order chi connectivity index (χ0) is 22.5. The molecule has 4 rings (SSSR count). The molecule has 2 heterocycles. The SMILES string of the molecule is COc1ccc(CNC(=O)[C@H]2CN(C(=O)CCc3ccccc3)Cc3cn(C)nc32)cc1. The largest absolute Gasteiger partial charge is 0.497 e. The van der Waals surface area contributed by atoms with Gasteiger partial charge in [-0.1, -0.05) is 42.5 Å². The molecule has 7 heteroatoms. The summed E-state index contributed by atoms with van der Waals surface area (Å²) in [5.41, 5.74) is 3.80. The van der Waals surface area contributed by atoms with Crippen LogP contribution >= 0.6 is 0 Å². The lowest BCUT2D eigenvalue weighted by molar-refractivity contribution is -0.133. The standard InChI is InChI=1S/C25H28N4O3/c1-28-15-20-16-29(23(30)13-10-18-6-4-3-5-7-18)17-22(24(20)27-28)25(31)26-14-19-8-11-21(32-2)12-9-19/h3-9,11-12,15,22H,10,13-14,16-17H2,1-2H3,(H,26,31)/t22-/m0/s1. The van der Waals surface area contributed by atoms with Crippen molar-refractivity contribution < 1.29 is 14.3 Å². The highest BCUT2D eigenvalue weighted by molar-refractivity contribution is 5.86. The van der Waals surface area contributed by atoms with Gasteiger partial charge in [-0.3, -0.25) is 14.3 Å². The van der Waals surface area contributed by atoms with Gasteiger partial charge in [0.2, 0.25) is 11.8 Å². The average molecular weight is 433 g/mol. The van der Waals surface area contributed by atoms with Crippen molar-refractivity contribution in [3.05, 3.63) is 83.2 Å². The minimum absolute atomic E-state index is 0.0521. The van der Waals surface area contributed by atoms with E-state index in [4.69, 9.17) is 4.74 Å². The number of methoxy groups -OCH3 is 1. The second-order valence-electron chi connectivity index (χ2n) is 8.09. The van der Waals surface area contributed by atoms with Crippen LogP contribution in [0.15, 0.2) is 60.8 Å². The quantitative estimate of drug-likeness (QED) is 0.623. The molecular formula is C25H28N4O3. The molecule has 1 aromatic heterocycles. The van der Waals surface area contributed by atoms with Gasteiger partial charge < -0.3 is 15.0 Å². The Morgan fingerprint density at radius 2 is 1.84 bits per heavy atom. The fourth-order valence-corrected chi connectivity index (χ4v) is 4.05. The third-order valence-electron chi connectivity index (χ3n) is 5.80. The summed E-state index contributed by atoms with van der Waals surface area (Å²) in [5, 5.41) is 7.53. The predicted octanol–water partition coefficient (Wildman–Crippen LogP) is 2.80. The molecule has 0 unspecified atom stereocenters. The first-order valence-electron chi connectivity index (χ1n) is 10.8. The third-order valence-corrected chi connectivity index (χ3v) is 5.80. The molecule has 2 amide bonds. The molecule has 3 aromatic rings. The first kappa shape index (κ1) is 21.6. The van der Waals surface area contributed by atoms with Gasteiger partial charge in [-0.15, -0.1) is 0 Å². The van der Waals surface area contributed by atoms with E-state index in [0.717, 1.165) is 28.1 Å². The number of nitrogens with zero attached hydrogens (tertiary/aromatic N) is 3. The normalized spacial score (nSPS) is 15.2. The van der Waals surface area contributed by atoms with E-state index in [0.29, 0.717) is 32.5 Å². The molecule has 0 bridgehead atoms. The Balaban J connectivity index is 1.42. The Bertz CT molecular complexity index is 1080. The van der Waals surface area contributed by atoms with Gasteiger partial charge in [-0.05, 0) is 29.7 Å². The highest BCUT2D eigenvalue weighted by Gasteiger charge is 2.34. The Morgan fingerprint density at radius 1 is 1.09 bits per heavy atom. The lowest BCUT2D eigenvalue weighted by Gasteiger charge is -2.31. The molecule has 0 fully saturated rings. The summed E-state index contributed by atoms with van der Waals surface area (Å²) in [6.07, 6.45) is 3.00. The van der Waals surface area contributed by atoms with Gasteiger partial charge in [0.15, 0.2) is 0 Å². The topological polar surface area (TPSA) is 76.5 Å². The van der Waals surface area contributed by atoms with E-state index >= 15 is 0 Å². The first-order valence-corrected chi connectivity index (χ1v) is 10.8. The van der Waals surface area contributed by atoms with Gasteiger partial charge in [0, 0.05) is 44.9 Å². The molecule has 1 aliphatic rings. The number of benzene rings is 2. The summed E-state index contributed by atoms with van der Waals surface area (Å²) >= 11 is 0. The maximum absolute atomic E-state index is 13.1. The first-order chi connectivity index (χ1) is 15.5. The van der Waals surface area contributed by atoms with Crippen LogP contribution in [-0.2, 0) is 36.1 Å². The summed E-state index contributed by atoms with van der Waals surface area (Å²) in [7, 11) is 3.46. The molecule has 7 nitrogen and oxygen atoms in total. The van der Waals surface area contributed by atoms with Crippen LogP contribution in [0.2, 0.25) is 0 Å². The van der Waals surface area contributed by atoms with Crippen molar-refractivity contribution in [3.63, 3.8) is 0 Å². The van der Waals surface area contributed by atoms with Crippen LogP contribution in [0.4, 0.5) is 0 Å². The maximum Gasteiger partial charge on any atom is 0.231 e. The summed E-state index contributed by atoms with van der Waals surface area (Å²) in [5.74, 6) is 0.214. The number of fused-ring (bicyclic) bond motifs is 1. The summed E-state index contributed by atoms with van der Waals surface area (Å²) < 4.78 is 6.89. The Morgan fingerprint density at radius 3 is 2.56 bits per heavy atom. The molecule has 1 aliphatic heterocycles. The molecule has 0 radical (unpaired) electrons. The number of rotatable bonds is 7. The van der Waals surface area contributed by atoms with Crippen molar-refractivity contribution in [2.75, 3.05) is 13.7 Å². The number of aromatic nitrogens is 2. The van der Waals surface area contributed by atoms with E-state index in [9.17, 15) is 9.59 Å². The van der Waals surface area contributed by atoms with Crippen LogP contribution in [0.3, 0.4) is 0 Å². The highest BCUT2D eigenvalue weighted by atomic mass is 16.5. The molecule has 1 N–H and O–H groups in total. The lowest BCUT2D eigenvalue weighted by atomic mass is 9.95. The second-order valence-corrected chi connectivity index (χ2v) is 8.09. The third kappa shape index (κ3) is 4.99. The van der Waals surface area contributed by atoms with Crippen molar-refractivity contribution in [1.29, 1.82) is 0 Å². The predicted molar refractivity (Wildman–Crippen MR) is 121 cm³/mol. The maximum atomic E-state index is 13.1. The van der Waals surface area contributed by atoms with Crippen molar-refractivity contribution in [2.24, 2.45) is 7.05 Å². The molecule has 0 saturated heterocycles. The van der Waals surface area contributed by atoms with E-state index in [1.165, 1.54) is 0 Å². The molecule has 0 spiro atoms. The fraction of sp³-hybridized carbons (Fsp3) is 0.320. The molecule has 166 valence electrons. The highest BCUT2D eigenvalue weighted by Crippen LogP contribution is 2.28. The Hall–Kier alpha value is -3.61. The average Bonchev–Trinajstić information content (AvgIpc) is 3.21. The van der Waals surface area contributed by atoms with Gasteiger partial charge in [0.25, 0.3) is 0 Å². The van der Waals surface area contributed by atoms with Crippen molar-refractivity contribution in [3.8, 4) is 5.75 Å². The van der Waals surface area contributed by atoms with Crippen molar-refractivity contribution in [1.82, 2.24) is 20.0 Å². The van der Waals surface area contributed by atoms with Crippen LogP contribution in [0.1, 0.15) is 34.7 Å². The van der Waals surface area contributed by atoms with Crippen molar-refractivity contribution >= 4 is 11.8 Å². The van der Waals surface area contributed by atoms with E-state index in [1.807, 2.05) is 67.8 Å². The number of carbonyl (C=O) groups excluding carboxylic acids is 2. The summed E-state index contributed by atoms with van der Waals surface area (Å²) in [4.78, 5) is 27.8. The fourth-order valence-electron chi connectivity index (χ4n) is 4.05. The number of nitrogens with one attached hydrogen (secondary N) is 1. The van der Waals surface area contributed by atoms with E-state index in [2.05, 4.69) is 10.4 Å². The number of hydrogen-bond acceptors (Lipinski definition) is 4. The van der Waals surface area contributed by atoms with Crippen LogP contribution in [0.5, 0.6) is 5.75 Å². The second kappa shape index (κ2) is 9.68. The Labute approximate surface area is 188 Å². The minimum atomic E-state index is -0.487. The van der Waals surface area contributed by atoms with Gasteiger partial charge in [-0.2, -0.15) is 5.10 Å². The van der Waals surface area contributed by atoms with Crippen LogP contribution < -0.4 is 10.1 Å². The van der Waals surface area contributed by atoms with Gasteiger partial charge in [0.1, 0.15) is 5.75 Å². The van der Waals surface area contributed by atoms with Crippen LogP contribution in [0, 0.1) is 0 Å². The van der Waals surface area contributed by atoms with E-state index in [1.54, 1.807) is 16.7 Å². The smallest absolute Gasteiger partial charge is 0.231 e. The minimum Gasteiger partial charge on any atom is -0.497 e. The van der Waals surface area contributed by atoms with E-state index in [-0.39, 0.29) is 11.8 Å². The number of ether oxygens (including phenoxy) is 1. The summed E-state index contributed by atoms with van der Waals surface area (Å²) in [6, 6.07) is 17.6. The zero-order valence-corrected chi connectivity index (χ0v) is 18.5. The Kier molecular flexibility index (Phi) is 6.54. The lowest BCUT2D eigenvalue weighted by Crippen LogP contribution is -2.43. The number of amides is 2. The van der Waals surface area contributed by atoms with Gasteiger partial charge in [0.05, 0.1) is 18.7 Å². The molecular weight excluding hydrogens is 404 g/mol. The van der Waals surface area contributed by atoms with Crippen LogP contribution in [-0.4, -0.2) is 40.1 Å². The molecule has 0 aliphatic carbocycles. The molecule has 0 saturated carbocycles. The van der Waals surface area contributed by atoms with Crippen LogP contribution in [0.25, 0.3) is 0 Å². The van der Waals surface area contributed by atoms with Crippen molar-refractivity contribution in [2.45, 2.75) is 31.8 Å². The van der Waals surface area contributed by atoms with E-state index < -0.39 is 5.92 Å². The van der Waals surface area contributed by atoms with Gasteiger partial charge in [-0.25, -0.2) is 0 Å². The summed E-state index contributed by atoms with van der Waals surface area (Å²) in [6.45, 7) is 1.23. The number of aryl methyl sites for hydroxylation is 2. The molecule has 32 heavy (non-hydrogen) atoms. The van der Waals surface area contributed by atoms with Gasteiger partial charge >= 0.3 is 0 Å². The molecule has 1 atom stereocenters.